The van der Waals surface area contributed by atoms with Crippen molar-refractivity contribution < 1.29 is 0 Å². The Kier molecular flexibility index (Phi) is 6.82. The van der Waals surface area contributed by atoms with E-state index in [1.54, 1.807) is 0 Å². The maximum atomic E-state index is 9.28. The van der Waals surface area contributed by atoms with Crippen LogP contribution in [0.2, 0.25) is 5.02 Å². The summed E-state index contributed by atoms with van der Waals surface area (Å²) in [5, 5.41) is 11.9. The van der Waals surface area contributed by atoms with E-state index in [9.17, 15) is 5.26 Å². The maximum Gasteiger partial charge on any atom is 0.101 e. The van der Waals surface area contributed by atoms with Crippen molar-refractivity contribution in [3.8, 4) is 6.07 Å². The van der Waals surface area contributed by atoms with E-state index >= 15 is 0 Å². The van der Waals surface area contributed by atoms with E-state index in [0.717, 1.165) is 38.3 Å². The van der Waals surface area contributed by atoms with Crippen molar-refractivity contribution in [2.75, 3.05) is 37.0 Å². The van der Waals surface area contributed by atoms with Crippen molar-refractivity contribution in [2.45, 2.75) is 25.6 Å². The van der Waals surface area contributed by atoms with Gasteiger partial charge in [0.05, 0.1) is 10.6 Å². The number of benzene rings is 2. The van der Waals surface area contributed by atoms with Gasteiger partial charge in [0.15, 0.2) is 0 Å². The van der Waals surface area contributed by atoms with Gasteiger partial charge < -0.3 is 9.80 Å². The van der Waals surface area contributed by atoms with Crippen molar-refractivity contribution in [3.05, 3.63) is 81.0 Å². The Morgan fingerprint density at radius 1 is 1.13 bits per heavy atom. The van der Waals surface area contributed by atoms with Gasteiger partial charge >= 0.3 is 0 Å². The first-order valence-electron chi connectivity index (χ1n) is 10.5. The molecule has 4 nitrogen and oxygen atoms in total. The molecule has 1 aromatic heterocycles. The second-order valence-corrected chi connectivity index (χ2v) is 9.66. The molecule has 1 saturated heterocycles. The summed E-state index contributed by atoms with van der Waals surface area (Å²) in [6.07, 6.45) is 1.11. The summed E-state index contributed by atoms with van der Waals surface area (Å²) in [6, 6.07) is 21.4. The van der Waals surface area contributed by atoms with Gasteiger partial charge in [-0.15, -0.1) is 11.3 Å². The fourth-order valence-corrected chi connectivity index (χ4v) is 5.13. The Morgan fingerprint density at radius 3 is 2.71 bits per heavy atom. The lowest BCUT2D eigenvalue weighted by molar-refractivity contribution is 0.327. The number of likely N-dealkylation sites (tertiary alicyclic amines) is 1. The largest absolute Gasteiger partial charge is 0.378 e. The topological polar surface area (TPSA) is 33.5 Å². The number of thiophene rings is 1. The third-order valence-corrected chi connectivity index (χ3v) is 7.01. The summed E-state index contributed by atoms with van der Waals surface area (Å²) in [5.74, 6) is 0. The van der Waals surface area contributed by atoms with Crippen LogP contribution in [0, 0.1) is 11.3 Å². The van der Waals surface area contributed by atoms with Gasteiger partial charge in [0.1, 0.15) is 6.07 Å². The first-order valence-corrected chi connectivity index (χ1v) is 11.8. The molecule has 0 aliphatic carbocycles. The quantitative estimate of drug-likeness (QED) is 0.467. The molecule has 1 aliphatic heterocycles. The van der Waals surface area contributed by atoms with Crippen LogP contribution in [0.5, 0.6) is 0 Å². The number of nitrogens with zero attached hydrogens (tertiary/aromatic N) is 4. The minimum Gasteiger partial charge on any atom is -0.378 e. The number of nitriles is 1. The summed E-state index contributed by atoms with van der Waals surface area (Å²) >= 11 is 8.23. The second kappa shape index (κ2) is 9.74. The summed E-state index contributed by atoms with van der Waals surface area (Å²) in [5.41, 5.74) is 4.05. The molecule has 1 fully saturated rings. The van der Waals surface area contributed by atoms with Gasteiger partial charge in [-0.25, -0.2) is 0 Å². The predicted molar refractivity (Wildman–Crippen MR) is 131 cm³/mol. The molecule has 2 heterocycles. The summed E-state index contributed by atoms with van der Waals surface area (Å²) in [4.78, 5) is 8.53. The van der Waals surface area contributed by atoms with E-state index < -0.39 is 0 Å². The van der Waals surface area contributed by atoms with Crippen LogP contribution in [0.15, 0.2) is 60.0 Å². The third-order valence-electron chi connectivity index (χ3n) is 5.83. The van der Waals surface area contributed by atoms with Crippen molar-refractivity contribution in [1.82, 2.24) is 4.90 Å². The maximum absolute atomic E-state index is 9.28. The average Bonchev–Trinajstić information content (AvgIpc) is 3.45. The molecular weight excluding hydrogens is 424 g/mol. The smallest absolute Gasteiger partial charge is 0.101 e. The lowest BCUT2D eigenvalue weighted by atomic mass is 10.1. The standard InChI is InChI=1S/C25H27ClN4S/c1-28(2)21-6-3-5-19(13-21)16-30(22-9-8-20(15-27)25(26)14-22)23-10-11-29(17-23)18-24-7-4-12-31-24/h3-9,12-14,23H,10-11,16-18H2,1-2H3/t23-/m0/s1. The zero-order valence-corrected chi connectivity index (χ0v) is 19.5. The fraction of sp³-hybridized carbons (Fsp3) is 0.320. The van der Waals surface area contributed by atoms with Crippen molar-refractivity contribution in [2.24, 2.45) is 0 Å². The van der Waals surface area contributed by atoms with Gasteiger partial charge in [-0.3, -0.25) is 4.90 Å². The molecule has 0 bridgehead atoms. The number of anilines is 2. The molecule has 3 aromatic rings. The monoisotopic (exact) mass is 450 g/mol. The molecular formula is C25H27ClN4S. The number of halogens is 1. The van der Waals surface area contributed by atoms with Crippen LogP contribution in [-0.2, 0) is 13.1 Å². The minimum absolute atomic E-state index is 0.395. The molecule has 0 unspecified atom stereocenters. The first-order chi connectivity index (χ1) is 15.0. The summed E-state index contributed by atoms with van der Waals surface area (Å²) in [6.45, 7) is 3.91. The molecule has 1 aliphatic rings. The van der Waals surface area contributed by atoms with Gasteiger partial charge in [0.2, 0.25) is 0 Å². The average molecular weight is 451 g/mol. The van der Waals surface area contributed by atoms with E-state index in [2.05, 4.69) is 76.6 Å². The van der Waals surface area contributed by atoms with Gasteiger partial charge in [0, 0.05) is 62.6 Å². The Hall–Kier alpha value is -2.52. The van der Waals surface area contributed by atoms with Crippen LogP contribution in [0.3, 0.4) is 0 Å². The molecule has 31 heavy (non-hydrogen) atoms. The van der Waals surface area contributed by atoms with Crippen LogP contribution < -0.4 is 9.80 Å². The SMILES string of the molecule is CN(C)c1cccc(CN(c2ccc(C#N)c(Cl)c2)[C@H]2CCN(Cc3cccs3)C2)c1. The highest BCUT2D eigenvalue weighted by Gasteiger charge is 2.28. The second-order valence-electron chi connectivity index (χ2n) is 8.23. The molecule has 0 amide bonds. The van der Waals surface area contributed by atoms with Gasteiger partial charge in [-0.2, -0.15) is 5.26 Å². The molecule has 4 rings (SSSR count). The van der Waals surface area contributed by atoms with Crippen LogP contribution in [-0.4, -0.2) is 38.1 Å². The molecule has 0 saturated carbocycles. The molecule has 1 atom stereocenters. The van der Waals surface area contributed by atoms with Crippen molar-refractivity contribution in [1.29, 1.82) is 5.26 Å². The van der Waals surface area contributed by atoms with Gasteiger partial charge in [-0.1, -0.05) is 29.8 Å². The van der Waals surface area contributed by atoms with Gasteiger partial charge in [0.25, 0.3) is 0 Å². The lowest BCUT2D eigenvalue weighted by Gasteiger charge is -2.32. The number of hydrogen-bond acceptors (Lipinski definition) is 5. The Morgan fingerprint density at radius 2 is 2.00 bits per heavy atom. The van der Waals surface area contributed by atoms with E-state index in [1.165, 1.54) is 16.1 Å². The van der Waals surface area contributed by atoms with Crippen LogP contribution >= 0.6 is 22.9 Å². The molecule has 0 N–H and O–H groups in total. The first kappa shape index (κ1) is 21.7. The highest BCUT2D eigenvalue weighted by molar-refractivity contribution is 7.09. The van der Waals surface area contributed by atoms with Crippen molar-refractivity contribution >= 4 is 34.3 Å². The van der Waals surface area contributed by atoms with E-state index in [0.29, 0.717) is 16.6 Å². The summed E-state index contributed by atoms with van der Waals surface area (Å²) in [7, 11) is 4.13. The predicted octanol–water partition coefficient (Wildman–Crippen LogP) is 5.62. The van der Waals surface area contributed by atoms with Crippen LogP contribution in [0.4, 0.5) is 11.4 Å². The molecule has 0 radical (unpaired) electrons. The summed E-state index contributed by atoms with van der Waals surface area (Å²) < 4.78 is 0. The van der Waals surface area contributed by atoms with Crippen LogP contribution in [0.1, 0.15) is 22.4 Å². The molecule has 0 spiro atoms. The highest BCUT2D eigenvalue weighted by atomic mass is 35.5. The number of hydrogen-bond donors (Lipinski definition) is 0. The van der Waals surface area contributed by atoms with E-state index in [4.69, 9.17) is 11.6 Å². The molecule has 160 valence electrons. The van der Waals surface area contributed by atoms with Crippen LogP contribution in [0.25, 0.3) is 0 Å². The lowest BCUT2D eigenvalue weighted by Crippen LogP contribution is -2.37. The number of rotatable bonds is 7. The third kappa shape index (κ3) is 5.22. The molecule has 6 heteroatoms. The zero-order valence-electron chi connectivity index (χ0n) is 18.0. The Bertz CT molecular complexity index is 1060. The normalized spacial score (nSPS) is 16.3. The fourth-order valence-electron chi connectivity index (χ4n) is 4.17. The van der Waals surface area contributed by atoms with E-state index in [1.807, 2.05) is 29.5 Å². The Labute approximate surface area is 193 Å². The highest BCUT2D eigenvalue weighted by Crippen LogP contribution is 2.30. The van der Waals surface area contributed by atoms with Gasteiger partial charge in [-0.05, 0) is 53.8 Å². The van der Waals surface area contributed by atoms with Crippen molar-refractivity contribution in [3.63, 3.8) is 0 Å². The molecule has 2 aromatic carbocycles. The minimum atomic E-state index is 0.395. The zero-order chi connectivity index (χ0) is 21.8. The Balaban J connectivity index is 1.59. The van der Waals surface area contributed by atoms with E-state index in [-0.39, 0.29) is 0 Å².